The van der Waals surface area contributed by atoms with Crippen molar-refractivity contribution in [3.63, 3.8) is 0 Å². The molecular formula is C6H11O4P. The molecule has 0 fully saturated rings. The van der Waals surface area contributed by atoms with Crippen LogP contribution in [0.1, 0.15) is 6.42 Å². The van der Waals surface area contributed by atoms with E-state index in [-0.39, 0.29) is 6.42 Å². The highest BCUT2D eigenvalue weighted by atomic mass is 31.2. The van der Waals surface area contributed by atoms with Crippen LogP contribution in [-0.2, 0) is 18.4 Å². The lowest BCUT2D eigenvalue weighted by Gasteiger charge is -2.09. The quantitative estimate of drug-likeness (QED) is 0.473. The molecule has 0 unspecified atom stereocenters. The number of hydrogen-bond acceptors (Lipinski definition) is 4. The van der Waals surface area contributed by atoms with Crippen molar-refractivity contribution in [2.75, 3.05) is 14.2 Å². The van der Waals surface area contributed by atoms with Crippen molar-refractivity contribution in [1.29, 1.82) is 0 Å². The van der Waals surface area contributed by atoms with Crippen molar-refractivity contribution in [3.8, 4) is 0 Å². The Bertz CT molecular complexity index is 191. The lowest BCUT2D eigenvalue weighted by Crippen LogP contribution is -2.01. The third kappa shape index (κ3) is 2.58. The molecule has 0 spiro atoms. The highest BCUT2D eigenvalue weighted by Crippen LogP contribution is 2.48. The average molecular weight is 178 g/mol. The third-order valence-electron chi connectivity index (χ3n) is 1.11. The monoisotopic (exact) mass is 178 g/mol. The highest BCUT2D eigenvalue weighted by Gasteiger charge is 2.30. The smallest absolute Gasteiger partial charge is 0.307 e. The zero-order valence-corrected chi connectivity index (χ0v) is 7.47. The maximum atomic E-state index is 11.2. The first-order chi connectivity index (χ1) is 5.10. The summed E-state index contributed by atoms with van der Waals surface area (Å²) in [5.41, 5.74) is -0.572. The first kappa shape index (κ1) is 10.6. The Morgan fingerprint density at radius 2 is 2.00 bits per heavy atom. The fourth-order valence-electron chi connectivity index (χ4n) is 0.513. The molecule has 0 aromatic heterocycles. The molecule has 0 amide bonds. The summed E-state index contributed by atoms with van der Waals surface area (Å²) in [6.45, 7) is 3.33. The van der Waals surface area contributed by atoms with Gasteiger partial charge in [0, 0.05) is 20.6 Å². The summed E-state index contributed by atoms with van der Waals surface area (Å²) in [6, 6.07) is 0. The van der Waals surface area contributed by atoms with Crippen LogP contribution in [0.5, 0.6) is 0 Å². The van der Waals surface area contributed by atoms with Gasteiger partial charge in [-0.05, 0) is 0 Å². The van der Waals surface area contributed by atoms with Gasteiger partial charge in [-0.25, -0.2) is 0 Å². The van der Waals surface area contributed by atoms with E-state index in [1.54, 1.807) is 0 Å². The minimum Gasteiger partial charge on any atom is -0.307 e. The molecule has 11 heavy (non-hydrogen) atoms. The summed E-state index contributed by atoms with van der Waals surface area (Å²) in [7, 11) is -1.16. The molecule has 64 valence electrons. The number of carbonyl (C=O) groups is 1. The maximum absolute atomic E-state index is 11.2. The fourth-order valence-corrected chi connectivity index (χ4v) is 1.42. The van der Waals surface area contributed by atoms with Crippen LogP contribution in [0.15, 0.2) is 12.7 Å². The van der Waals surface area contributed by atoms with E-state index in [0.717, 1.165) is 0 Å². The number of rotatable bonds is 5. The molecule has 0 atom stereocenters. The predicted octanol–water partition coefficient (Wildman–Crippen LogP) is 1.57. The molecule has 0 saturated carbocycles. The van der Waals surface area contributed by atoms with Gasteiger partial charge in [0.1, 0.15) is 0 Å². The Kier molecular flexibility index (Phi) is 4.26. The summed E-state index contributed by atoms with van der Waals surface area (Å²) < 4.78 is 20.1. The number of carbonyl (C=O) groups excluding carboxylic acids is 1. The normalized spacial score (nSPS) is 11.1. The molecule has 4 nitrogen and oxygen atoms in total. The molecule has 0 rings (SSSR count). The van der Waals surface area contributed by atoms with Gasteiger partial charge < -0.3 is 9.05 Å². The molecule has 0 aliphatic rings. The van der Waals surface area contributed by atoms with E-state index in [1.807, 2.05) is 0 Å². The predicted molar refractivity (Wildman–Crippen MR) is 41.4 cm³/mol. The van der Waals surface area contributed by atoms with E-state index < -0.39 is 13.1 Å². The van der Waals surface area contributed by atoms with Crippen molar-refractivity contribution in [3.05, 3.63) is 12.7 Å². The third-order valence-corrected chi connectivity index (χ3v) is 2.86. The average Bonchev–Trinajstić information content (AvgIpc) is 2.03. The van der Waals surface area contributed by atoms with Crippen molar-refractivity contribution >= 4 is 13.1 Å². The molecule has 0 aliphatic carbocycles. The van der Waals surface area contributed by atoms with Crippen LogP contribution in [-0.4, -0.2) is 19.7 Å². The van der Waals surface area contributed by atoms with Gasteiger partial charge in [-0.3, -0.25) is 9.36 Å². The second-order valence-corrected chi connectivity index (χ2v) is 3.97. The Labute approximate surface area is 65.7 Å². The first-order valence-corrected chi connectivity index (χ1v) is 4.50. The van der Waals surface area contributed by atoms with E-state index in [1.165, 1.54) is 20.3 Å². The Morgan fingerprint density at radius 3 is 2.27 bits per heavy atom. The van der Waals surface area contributed by atoms with Gasteiger partial charge in [0.15, 0.2) is 0 Å². The molecule has 0 radical (unpaired) electrons. The van der Waals surface area contributed by atoms with Gasteiger partial charge in [-0.15, -0.1) is 6.58 Å². The lowest BCUT2D eigenvalue weighted by atomic mass is 10.5. The molecule has 0 saturated heterocycles. The topological polar surface area (TPSA) is 52.6 Å². The summed E-state index contributed by atoms with van der Waals surface area (Å²) in [6.07, 6.45) is 1.35. The zero-order valence-electron chi connectivity index (χ0n) is 6.57. The van der Waals surface area contributed by atoms with E-state index in [2.05, 4.69) is 15.6 Å². The van der Waals surface area contributed by atoms with Gasteiger partial charge >= 0.3 is 7.60 Å². The van der Waals surface area contributed by atoms with Crippen LogP contribution in [0, 0.1) is 0 Å². The fraction of sp³-hybridized carbons (Fsp3) is 0.500. The van der Waals surface area contributed by atoms with Crippen LogP contribution in [0.25, 0.3) is 0 Å². The van der Waals surface area contributed by atoms with Crippen molar-refractivity contribution in [1.82, 2.24) is 0 Å². The molecule has 0 aromatic rings. The number of hydrogen-bond donors (Lipinski definition) is 0. The van der Waals surface area contributed by atoms with Crippen LogP contribution in [0.2, 0.25) is 0 Å². The van der Waals surface area contributed by atoms with E-state index in [9.17, 15) is 9.36 Å². The SMILES string of the molecule is C=CCC(=O)P(=O)(OC)OC. The van der Waals surface area contributed by atoms with E-state index >= 15 is 0 Å². The van der Waals surface area contributed by atoms with Gasteiger partial charge in [0.2, 0.25) is 5.52 Å². The largest absolute Gasteiger partial charge is 0.396 e. The molecule has 0 aliphatic heterocycles. The highest BCUT2D eigenvalue weighted by molar-refractivity contribution is 7.71. The van der Waals surface area contributed by atoms with Crippen molar-refractivity contribution in [2.24, 2.45) is 0 Å². The van der Waals surface area contributed by atoms with Gasteiger partial charge in [0.25, 0.3) is 0 Å². The summed E-state index contributed by atoms with van der Waals surface area (Å²) >= 11 is 0. The lowest BCUT2D eigenvalue weighted by molar-refractivity contribution is -0.113. The molecule has 0 aromatic carbocycles. The van der Waals surface area contributed by atoms with E-state index in [0.29, 0.717) is 0 Å². The number of allylic oxidation sites excluding steroid dienone is 1. The molecular weight excluding hydrogens is 167 g/mol. The van der Waals surface area contributed by atoms with E-state index in [4.69, 9.17) is 0 Å². The minimum atomic E-state index is -3.50. The maximum Gasteiger partial charge on any atom is 0.396 e. The van der Waals surface area contributed by atoms with Gasteiger partial charge in [0.05, 0.1) is 0 Å². The molecule has 0 heterocycles. The van der Waals surface area contributed by atoms with Crippen molar-refractivity contribution in [2.45, 2.75) is 6.42 Å². The van der Waals surface area contributed by atoms with Crippen LogP contribution in [0.4, 0.5) is 0 Å². The van der Waals surface area contributed by atoms with Gasteiger partial charge in [-0.1, -0.05) is 6.08 Å². The first-order valence-electron chi connectivity index (χ1n) is 2.96. The molecule has 5 heteroatoms. The van der Waals surface area contributed by atoms with Crippen molar-refractivity contribution < 1.29 is 18.4 Å². The summed E-state index contributed by atoms with van der Waals surface area (Å²) in [4.78, 5) is 10.9. The molecule has 0 bridgehead atoms. The zero-order chi connectivity index (χ0) is 8.91. The molecule has 0 N–H and O–H groups in total. The second kappa shape index (κ2) is 4.44. The summed E-state index contributed by atoms with van der Waals surface area (Å²) in [5, 5.41) is 0. The minimum absolute atomic E-state index is 0.00103. The van der Waals surface area contributed by atoms with Gasteiger partial charge in [-0.2, -0.15) is 0 Å². The Morgan fingerprint density at radius 1 is 1.55 bits per heavy atom. The van der Waals surface area contributed by atoms with Crippen LogP contribution in [0.3, 0.4) is 0 Å². The second-order valence-electron chi connectivity index (χ2n) is 1.75. The summed E-state index contributed by atoms with van der Waals surface area (Å²) in [5.74, 6) is 0. The van der Waals surface area contributed by atoms with Crippen LogP contribution >= 0.6 is 7.60 Å². The Hall–Kier alpha value is -0.440. The Balaban J connectivity index is 4.37. The standard InChI is InChI=1S/C6H11O4P/c1-4-5-6(7)11(8,9-2)10-3/h4H,1,5H2,2-3H3. The van der Waals surface area contributed by atoms with Crippen LogP contribution < -0.4 is 0 Å².